The van der Waals surface area contributed by atoms with Gasteiger partial charge in [-0.3, -0.25) is 5.10 Å². The number of benzene rings is 1. The highest BCUT2D eigenvalue weighted by Gasteiger charge is 2.33. The van der Waals surface area contributed by atoms with Crippen LogP contribution in [0, 0.1) is 0 Å². The van der Waals surface area contributed by atoms with Gasteiger partial charge in [0, 0.05) is 5.39 Å². The van der Waals surface area contributed by atoms with Crippen molar-refractivity contribution < 1.29 is 23.8 Å². The molecule has 1 aliphatic heterocycles. The molecule has 0 aliphatic carbocycles. The standard InChI is InChI=1S/C15H15N3O5/c1-21-14(19)10-7-23-8-18(13(10)15(20)22-2)11-5-3-4-9-6-16-17-12(9)11/h3-6H,7-8H2,1-2H3,(H,16,17). The SMILES string of the molecule is COC(=O)C1=C(C(=O)OC)N(c2cccc3cn[nH]c23)COC1. The van der Waals surface area contributed by atoms with Crippen LogP contribution in [0.15, 0.2) is 35.7 Å². The Hall–Kier alpha value is -2.87. The van der Waals surface area contributed by atoms with Crippen LogP contribution in [0.25, 0.3) is 10.9 Å². The molecule has 8 heteroatoms. The number of rotatable bonds is 3. The predicted molar refractivity (Wildman–Crippen MR) is 80.4 cm³/mol. The number of nitrogens with zero attached hydrogens (tertiary/aromatic N) is 2. The molecule has 0 amide bonds. The van der Waals surface area contributed by atoms with Crippen molar-refractivity contribution in [1.82, 2.24) is 10.2 Å². The van der Waals surface area contributed by atoms with Crippen molar-refractivity contribution >= 4 is 28.5 Å². The first kappa shape index (κ1) is 15.0. The summed E-state index contributed by atoms with van der Waals surface area (Å²) >= 11 is 0. The zero-order chi connectivity index (χ0) is 16.4. The van der Waals surface area contributed by atoms with Crippen LogP contribution in [0.2, 0.25) is 0 Å². The molecule has 1 aromatic heterocycles. The van der Waals surface area contributed by atoms with Crippen LogP contribution in [0.3, 0.4) is 0 Å². The Morgan fingerprint density at radius 3 is 2.78 bits per heavy atom. The Morgan fingerprint density at radius 2 is 2.04 bits per heavy atom. The minimum Gasteiger partial charge on any atom is -0.466 e. The summed E-state index contributed by atoms with van der Waals surface area (Å²) < 4.78 is 15.0. The summed E-state index contributed by atoms with van der Waals surface area (Å²) in [7, 11) is 2.51. The summed E-state index contributed by atoms with van der Waals surface area (Å²) in [4.78, 5) is 25.8. The third kappa shape index (κ3) is 2.53. The van der Waals surface area contributed by atoms with Crippen molar-refractivity contribution in [2.24, 2.45) is 0 Å². The Kier molecular flexibility index (Phi) is 3.98. The third-order valence-electron chi connectivity index (χ3n) is 3.58. The fraction of sp³-hybridized carbons (Fsp3) is 0.267. The number of methoxy groups -OCH3 is 2. The number of aromatic amines is 1. The van der Waals surface area contributed by atoms with Gasteiger partial charge in [0.15, 0.2) is 0 Å². The fourth-order valence-corrected chi connectivity index (χ4v) is 2.51. The van der Waals surface area contributed by atoms with E-state index < -0.39 is 11.9 Å². The molecule has 0 radical (unpaired) electrons. The molecule has 1 N–H and O–H groups in total. The fourth-order valence-electron chi connectivity index (χ4n) is 2.51. The van der Waals surface area contributed by atoms with Gasteiger partial charge in [0.2, 0.25) is 0 Å². The van der Waals surface area contributed by atoms with E-state index in [9.17, 15) is 9.59 Å². The summed E-state index contributed by atoms with van der Waals surface area (Å²) in [5.74, 6) is -1.27. The van der Waals surface area contributed by atoms with Crippen molar-refractivity contribution in [2.75, 3.05) is 32.5 Å². The Morgan fingerprint density at radius 1 is 1.26 bits per heavy atom. The van der Waals surface area contributed by atoms with Crippen LogP contribution < -0.4 is 4.90 Å². The van der Waals surface area contributed by atoms with Crippen LogP contribution in [-0.2, 0) is 23.8 Å². The number of carbonyl (C=O) groups is 2. The average Bonchev–Trinajstić information content (AvgIpc) is 3.08. The molecule has 120 valence electrons. The van der Waals surface area contributed by atoms with Gasteiger partial charge in [-0.25, -0.2) is 9.59 Å². The zero-order valence-corrected chi connectivity index (χ0v) is 12.7. The Bertz CT molecular complexity index is 795. The molecule has 23 heavy (non-hydrogen) atoms. The molecule has 0 unspecified atom stereocenters. The first-order valence-corrected chi connectivity index (χ1v) is 6.84. The number of H-pyrrole nitrogens is 1. The topological polar surface area (TPSA) is 93.8 Å². The molecule has 8 nitrogen and oxygen atoms in total. The maximum Gasteiger partial charge on any atom is 0.355 e. The second kappa shape index (κ2) is 6.09. The van der Waals surface area contributed by atoms with E-state index in [1.54, 1.807) is 17.2 Å². The minimum atomic E-state index is -0.634. The lowest BCUT2D eigenvalue weighted by molar-refractivity contribution is -0.140. The molecule has 3 rings (SSSR count). The monoisotopic (exact) mass is 317 g/mol. The van der Waals surface area contributed by atoms with Crippen LogP contribution in [0.4, 0.5) is 5.69 Å². The van der Waals surface area contributed by atoms with Gasteiger partial charge in [-0.2, -0.15) is 5.10 Å². The molecular formula is C15H15N3O5. The highest BCUT2D eigenvalue weighted by molar-refractivity contribution is 6.05. The highest BCUT2D eigenvalue weighted by atomic mass is 16.5. The molecule has 1 aliphatic rings. The lowest BCUT2D eigenvalue weighted by atomic mass is 10.1. The third-order valence-corrected chi connectivity index (χ3v) is 3.58. The first-order chi connectivity index (χ1) is 11.2. The second-order valence-corrected chi connectivity index (χ2v) is 4.83. The van der Waals surface area contributed by atoms with Crippen molar-refractivity contribution in [1.29, 1.82) is 0 Å². The van der Waals surface area contributed by atoms with E-state index in [0.29, 0.717) is 5.69 Å². The van der Waals surface area contributed by atoms with Crippen LogP contribution in [-0.4, -0.2) is 49.7 Å². The van der Waals surface area contributed by atoms with E-state index in [4.69, 9.17) is 14.2 Å². The Labute approximate surface area is 131 Å². The van der Waals surface area contributed by atoms with Gasteiger partial charge in [-0.05, 0) is 6.07 Å². The maximum absolute atomic E-state index is 12.2. The summed E-state index contributed by atoms with van der Waals surface area (Å²) in [5.41, 5.74) is 1.60. The van der Waals surface area contributed by atoms with Crippen LogP contribution >= 0.6 is 0 Å². The van der Waals surface area contributed by atoms with Crippen LogP contribution in [0.1, 0.15) is 0 Å². The number of carbonyl (C=O) groups excluding carboxylic acids is 2. The molecule has 0 saturated carbocycles. The predicted octanol–water partition coefficient (Wildman–Crippen LogP) is 0.957. The number of esters is 2. The number of para-hydroxylation sites is 1. The van der Waals surface area contributed by atoms with Crippen molar-refractivity contribution in [2.45, 2.75) is 0 Å². The molecule has 2 heterocycles. The molecular weight excluding hydrogens is 302 g/mol. The van der Waals surface area contributed by atoms with E-state index >= 15 is 0 Å². The van der Waals surface area contributed by atoms with Gasteiger partial charge in [0.1, 0.15) is 12.4 Å². The number of nitrogens with one attached hydrogen (secondary N) is 1. The smallest absolute Gasteiger partial charge is 0.355 e. The van der Waals surface area contributed by atoms with Crippen LogP contribution in [0.5, 0.6) is 0 Å². The number of ether oxygens (including phenoxy) is 3. The van der Waals surface area contributed by atoms with E-state index in [0.717, 1.165) is 10.9 Å². The molecule has 1 aromatic carbocycles. The normalized spacial score (nSPS) is 15.0. The van der Waals surface area contributed by atoms with Gasteiger partial charge in [-0.1, -0.05) is 12.1 Å². The molecule has 0 atom stereocenters. The van der Waals surface area contributed by atoms with Gasteiger partial charge < -0.3 is 19.1 Å². The Balaban J connectivity index is 2.18. The van der Waals surface area contributed by atoms with Gasteiger partial charge in [-0.15, -0.1) is 0 Å². The molecule has 0 bridgehead atoms. The first-order valence-electron chi connectivity index (χ1n) is 6.84. The zero-order valence-electron chi connectivity index (χ0n) is 12.7. The summed E-state index contributed by atoms with van der Waals surface area (Å²) in [5, 5.41) is 7.76. The van der Waals surface area contributed by atoms with Crippen molar-refractivity contribution in [3.63, 3.8) is 0 Å². The quantitative estimate of drug-likeness (QED) is 0.843. The number of fused-ring (bicyclic) bond motifs is 1. The largest absolute Gasteiger partial charge is 0.466 e. The average molecular weight is 317 g/mol. The minimum absolute atomic E-state index is 0.0213. The van der Waals surface area contributed by atoms with Crippen molar-refractivity contribution in [3.8, 4) is 0 Å². The maximum atomic E-state index is 12.2. The molecule has 0 saturated heterocycles. The molecule has 2 aromatic rings. The van der Waals surface area contributed by atoms with E-state index in [-0.39, 0.29) is 24.6 Å². The summed E-state index contributed by atoms with van der Waals surface area (Å²) in [6.45, 7) is 0.0790. The van der Waals surface area contributed by atoms with E-state index in [2.05, 4.69) is 10.2 Å². The summed E-state index contributed by atoms with van der Waals surface area (Å²) in [6, 6.07) is 5.51. The highest BCUT2D eigenvalue weighted by Crippen LogP contribution is 2.31. The number of hydrogen-bond donors (Lipinski definition) is 1. The number of hydrogen-bond acceptors (Lipinski definition) is 7. The van der Waals surface area contributed by atoms with Gasteiger partial charge >= 0.3 is 11.9 Å². The second-order valence-electron chi connectivity index (χ2n) is 4.83. The van der Waals surface area contributed by atoms with Gasteiger partial charge in [0.05, 0.1) is 43.8 Å². The van der Waals surface area contributed by atoms with Crippen molar-refractivity contribution in [3.05, 3.63) is 35.7 Å². The lowest BCUT2D eigenvalue weighted by Crippen LogP contribution is -2.38. The molecule has 0 fully saturated rings. The molecule has 0 spiro atoms. The number of aromatic nitrogens is 2. The number of anilines is 1. The van der Waals surface area contributed by atoms with E-state index in [1.165, 1.54) is 14.2 Å². The van der Waals surface area contributed by atoms with Gasteiger partial charge in [0.25, 0.3) is 0 Å². The summed E-state index contributed by atoms with van der Waals surface area (Å²) in [6.07, 6.45) is 1.67. The van der Waals surface area contributed by atoms with E-state index in [1.807, 2.05) is 12.1 Å². The lowest BCUT2D eigenvalue weighted by Gasteiger charge is -2.31.